The fourth-order valence-electron chi connectivity index (χ4n) is 1.51. The third kappa shape index (κ3) is 5.32. The molecule has 1 rings (SSSR count). The maximum atomic E-state index is 11.6. The zero-order valence-electron chi connectivity index (χ0n) is 11.4. The molecule has 0 heterocycles. The van der Waals surface area contributed by atoms with Gasteiger partial charge in [-0.25, -0.2) is 0 Å². The summed E-state index contributed by atoms with van der Waals surface area (Å²) in [6.07, 6.45) is 0.678. The molecule has 0 fully saturated rings. The fourth-order valence-corrected chi connectivity index (χ4v) is 1.51. The highest BCUT2D eigenvalue weighted by atomic mass is 16.3. The molecule has 0 saturated carbocycles. The van der Waals surface area contributed by atoms with Gasteiger partial charge in [-0.3, -0.25) is 4.79 Å². The third-order valence-electron chi connectivity index (χ3n) is 2.98. The van der Waals surface area contributed by atoms with Crippen molar-refractivity contribution >= 4 is 5.91 Å². The minimum Gasteiger partial charge on any atom is -0.391 e. The zero-order chi connectivity index (χ0) is 13.6. The molecule has 0 aliphatic carbocycles. The second kappa shape index (κ2) is 6.55. The molecule has 1 unspecified atom stereocenters. The van der Waals surface area contributed by atoms with Crippen LogP contribution in [-0.4, -0.2) is 23.7 Å². The summed E-state index contributed by atoms with van der Waals surface area (Å²) in [5.74, 6) is -0.0119. The van der Waals surface area contributed by atoms with Crippen LogP contribution >= 0.6 is 0 Å². The normalized spacial score (nSPS) is 13.1. The van der Waals surface area contributed by atoms with Gasteiger partial charge < -0.3 is 10.4 Å². The molecule has 1 aromatic rings. The van der Waals surface area contributed by atoms with Gasteiger partial charge in [0.2, 0.25) is 5.91 Å². The van der Waals surface area contributed by atoms with E-state index >= 15 is 0 Å². The van der Waals surface area contributed by atoms with E-state index in [4.69, 9.17) is 0 Å². The Balaban J connectivity index is 2.27. The molecule has 2 N–H and O–H groups in total. The maximum Gasteiger partial charge on any atom is 0.220 e. The molecule has 3 nitrogen and oxygen atoms in total. The molecule has 0 spiro atoms. The van der Waals surface area contributed by atoms with Crippen LogP contribution in [0.3, 0.4) is 0 Å². The number of aliphatic hydroxyl groups is 1. The molecule has 1 atom stereocenters. The molecule has 18 heavy (non-hydrogen) atoms. The summed E-state index contributed by atoms with van der Waals surface area (Å²) in [5.41, 5.74) is 0.955. The molecule has 1 amide bonds. The predicted molar refractivity (Wildman–Crippen MR) is 73.2 cm³/mol. The van der Waals surface area contributed by atoms with Crippen molar-refractivity contribution in [2.24, 2.45) is 5.41 Å². The van der Waals surface area contributed by atoms with Gasteiger partial charge in [0.15, 0.2) is 0 Å². The minimum atomic E-state index is -0.516. The van der Waals surface area contributed by atoms with Crippen molar-refractivity contribution in [3.8, 4) is 0 Å². The summed E-state index contributed by atoms with van der Waals surface area (Å²) in [6.45, 7) is 6.17. The van der Waals surface area contributed by atoms with Crippen LogP contribution in [0.15, 0.2) is 30.3 Å². The largest absolute Gasteiger partial charge is 0.391 e. The van der Waals surface area contributed by atoms with E-state index in [9.17, 15) is 9.90 Å². The van der Waals surface area contributed by atoms with Gasteiger partial charge in [-0.15, -0.1) is 0 Å². The lowest BCUT2D eigenvalue weighted by Crippen LogP contribution is -2.39. The van der Waals surface area contributed by atoms with E-state index in [0.29, 0.717) is 13.0 Å². The molecule has 100 valence electrons. The summed E-state index contributed by atoms with van der Waals surface area (Å²) in [6, 6.07) is 9.92. The second-order valence-corrected chi connectivity index (χ2v) is 5.67. The van der Waals surface area contributed by atoms with Gasteiger partial charge >= 0.3 is 0 Å². The lowest BCUT2D eigenvalue weighted by molar-refractivity contribution is -0.121. The topological polar surface area (TPSA) is 49.3 Å². The quantitative estimate of drug-likeness (QED) is 0.840. The van der Waals surface area contributed by atoms with Crippen molar-refractivity contribution in [3.05, 3.63) is 35.9 Å². The smallest absolute Gasteiger partial charge is 0.220 e. The molecule has 0 radical (unpaired) electrons. The van der Waals surface area contributed by atoms with Crippen molar-refractivity contribution in [1.82, 2.24) is 5.32 Å². The Bertz CT molecular complexity index is 368. The number of amides is 1. The van der Waals surface area contributed by atoms with Gasteiger partial charge in [0, 0.05) is 13.0 Å². The first kappa shape index (κ1) is 14.7. The van der Waals surface area contributed by atoms with Gasteiger partial charge in [-0.05, 0) is 17.4 Å². The summed E-state index contributed by atoms with van der Waals surface area (Å²) in [7, 11) is 0. The Morgan fingerprint density at radius 3 is 2.44 bits per heavy atom. The van der Waals surface area contributed by atoms with Gasteiger partial charge in [-0.1, -0.05) is 51.1 Å². The average Bonchev–Trinajstić information content (AvgIpc) is 2.33. The van der Waals surface area contributed by atoms with E-state index in [-0.39, 0.29) is 11.3 Å². The highest BCUT2D eigenvalue weighted by Gasteiger charge is 2.22. The molecule has 0 aliphatic rings. The molecule has 0 aromatic heterocycles. The number of carbonyl (C=O) groups excluding carboxylic acids is 1. The van der Waals surface area contributed by atoms with Gasteiger partial charge in [0.1, 0.15) is 0 Å². The number of aliphatic hydroxyl groups excluding tert-OH is 1. The van der Waals surface area contributed by atoms with Crippen molar-refractivity contribution in [2.45, 2.75) is 39.7 Å². The highest BCUT2D eigenvalue weighted by molar-refractivity contribution is 5.76. The number of rotatable bonds is 5. The molecule has 3 heteroatoms. The summed E-state index contributed by atoms with van der Waals surface area (Å²) in [4.78, 5) is 11.6. The van der Waals surface area contributed by atoms with E-state index in [0.717, 1.165) is 12.0 Å². The SMILES string of the molecule is CC(C)(C)C(O)CNC(=O)CCc1ccccc1. The monoisotopic (exact) mass is 249 g/mol. The number of nitrogens with one attached hydrogen (secondary N) is 1. The fraction of sp³-hybridized carbons (Fsp3) is 0.533. The third-order valence-corrected chi connectivity index (χ3v) is 2.98. The van der Waals surface area contributed by atoms with E-state index < -0.39 is 6.10 Å². The lowest BCUT2D eigenvalue weighted by atomic mass is 9.89. The van der Waals surface area contributed by atoms with Crippen LogP contribution in [0.4, 0.5) is 0 Å². The van der Waals surface area contributed by atoms with E-state index in [1.165, 1.54) is 0 Å². The van der Waals surface area contributed by atoms with Crippen LogP contribution in [0.2, 0.25) is 0 Å². The van der Waals surface area contributed by atoms with Crippen LogP contribution in [0.1, 0.15) is 32.8 Å². The Hall–Kier alpha value is -1.35. The number of benzene rings is 1. The first-order valence-corrected chi connectivity index (χ1v) is 6.38. The summed E-state index contributed by atoms with van der Waals surface area (Å²) in [5, 5.41) is 12.6. The van der Waals surface area contributed by atoms with Crippen molar-refractivity contribution in [2.75, 3.05) is 6.54 Å². The first-order chi connectivity index (χ1) is 8.39. The summed E-state index contributed by atoms with van der Waals surface area (Å²) >= 11 is 0. The van der Waals surface area contributed by atoms with Crippen molar-refractivity contribution in [3.63, 3.8) is 0 Å². The van der Waals surface area contributed by atoms with Crippen LogP contribution in [0.25, 0.3) is 0 Å². The molecular weight excluding hydrogens is 226 g/mol. The Morgan fingerprint density at radius 2 is 1.89 bits per heavy atom. The minimum absolute atomic E-state index is 0.0119. The average molecular weight is 249 g/mol. The van der Waals surface area contributed by atoms with Crippen LogP contribution in [0.5, 0.6) is 0 Å². The van der Waals surface area contributed by atoms with E-state index in [1.807, 2.05) is 51.1 Å². The highest BCUT2D eigenvalue weighted by Crippen LogP contribution is 2.18. The summed E-state index contributed by atoms with van der Waals surface area (Å²) < 4.78 is 0. The lowest BCUT2D eigenvalue weighted by Gasteiger charge is -2.25. The molecule has 0 saturated heterocycles. The van der Waals surface area contributed by atoms with Crippen LogP contribution < -0.4 is 5.32 Å². The maximum absolute atomic E-state index is 11.6. The number of aryl methyl sites for hydroxylation is 1. The Labute approximate surface area is 109 Å². The molecule has 0 bridgehead atoms. The van der Waals surface area contributed by atoms with Gasteiger partial charge in [0.25, 0.3) is 0 Å². The van der Waals surface area contributed by atoms with Gasteiger partial charge in [0.05, 0.1) is 6.10 Å². The zero-order valence-corrected chi connectivity index (χ0v) is 11.4. The van der Waals surface area contributed by atoms with Crippen molar-refractivity contribution < 1.29 is 9.90 Å². The standard InChI is InChI=1S/C15H23NO2/c1-15(2,3)13(17)11-16-14(18)10-9-12-7-5-4-6-8-12/h4-8,13,17H,9-11H2,1-3H3,(H,16,18). The molecule has 0 aliphatic heterocycles. The van der Waals surface area contributed by atoms with Crippen molar-refractivity contribution in [1.29, 1.82) is 0 Å². The Kier molecular flexibility index (Phi) is 5.35. The van der Waals surface area contributed by atoms with E-state index in [1.54, 1.807) is 0 Å². The van der Waals surface area contributed by atoms with E-state index in [2.05, 4.69) is 5.32 Å². The first-order valence-electron chi connectivity index (χ1n) is 6.38. The second-order valence-electron chi connectivity index (χ2n) is 5.67. The van der Waals surface area contributed by atoms with Crippen LogP contribution in [0, 0.1) is 5.41 Å². The molecular formula is C15H23NO2. The molecule has 1 aromatic carbocycles. The van der Waals surface area contributed by atoms with Crippen LogP contribution in [-0.2, 0) is 11.2 Å². The number of carbonyl (C=O) groups is 1. The van der Waals surface area contributed by atoms with Gasteiger partial charge in [-0.2, -0.15) is 0 Å². The predicted octanol–water partition coefficient (Wildman–Crippen LogP) is 2.14. The Morgan fingerprint density at radius 1 is 1.28 bits per heavy atom. The number of hydrogen-bond donors (Lipinski definition) is 2. The number of hydrogen-bond acceptors (Lipinski definition) is 2.